The Morgan fingerprint density at radius 1 is 1.19 bits per heavy atom. The Labute approximate surface area is 151 Å². The number of nitrogens with zero attached hydrogens (tertiary/aromatic N) is 1. The van der Waals surface area contributed by atoms with E-state index < -0.39 is 46.9 Å². The number of nitrogens with two attached hydrogens (primary N) is 1. The third-order valence-electron chi connectivity index (χ3n) is 4.17. The second kappa shape index (κ2) is 6.81. The monoisotopic (exact) mass is 377 g/mol. The lowest BCUT2D eigenvalue weighted by atomic mass is 10.0. The first-order chi connectivity index (χ1) is 12.3. The average molecular weight is 377 g/mol. The van der Waals surface area contributed by atoms with Crippen LogP contribution < -0.4 is 11.1 Å². The number of carboxylic acids is 2. The van der Waals surface area contributed by atoms with Gasteiger partial charge in [-0.25, -0.2) is 9.59 Å². The molecule has 1 aromatic carbocycles. The first kappa shape index (κ1) is 18.0. The molecule has 136 valence electrons. The van der Waals surface area contributed by atoms with Gasteiger partial charge in [0.25, 0.3) is 5.91 Å². The Bertz CT molecular complexity index is 825. The van der Waals surface area contributed by atoms with Gasteiger partial charge in [0, 0.05) is 5.75 Å². The summed E-state index contributed by atoms with van der Waals surface area (Å²) in [5.41, 5.74) is 5.56. The van der Waals surface area contributed by atoms with Crippen LogP contribution in [-0.4, -0.2) is 56.0 Å². The van der Waals surface area contributed by atoms with Gasteiger partial charge in [-0.3, -0.25) is 14.5 Å². The van der Waals surface area contributed by atoms with Crippen LogP contribution in [0.15, 0.2) is 41.6 Å². The van der Waals surface area contributed by atoms with E-state index in [1.54, 1.807) is 30.3 Å². The van der Waals surface area contributed by atoms with Gasteiger partial charge in [-0.05, 0) is 5.56 Å². The minimum absolute atomic E-state index is 0.0808. The minimum Gasteiger partial charge on any atom is -0.478 e. The van der Waals surface area contributed by atoms with Crippen LogP contribution in [0.4, 0.5) is 0 Å². The van der Waals surface area contributed by atoms with E-state index in [0.29, 0.717) is 5.56 Å². The molecule has 0 spiro atoms. The van der Waals surface area contributed by atoms with Crippen molar-refractivity contribution in [3.63, 3.8) is 0 Å². The van der Waals surface area contributed by atoms with Crippen molar-refractivity contribution in [2.24, 2.45) is 5.73 Å². The predicted molar refractivity (Wildman–Crippen MR) is 90.7 cm³/mol. The molecule has 2 amide bonds. The van der Waals surface area contributed by atoms with Crippen molar-refractivity contribution in [3.8, 4) is 0 Å². The van der Waals surface area contributed by atoms with Gasteiger partial charge < -0.3 is 21.3 Å². The average Bonchev–Trinajstić information content (AvgIpc) is 2.64. The van der Waals surface area contributed by atoms with Gasteiger partial charge in [0.2, 0.25) is 5.91 Å². The summed E-state index contributed by atoms with van der Waals surface area (Å²) < 4.78 is 0. The zero-order chi connectivity index (χ0) is 19.0. The number of fused-ring (bicyclic) bond motifs is 1. The number of nitrogens with one attached hydrogen (secondary N) is 1. The Morgan fingerprint density at radius 2 is 1.85 bits per heavy atom. The van der Waals surface area contributed by atoms with Crippen LogP contribution in [0, 0.1) is 0 Å². The highest BCUT2D eigenvalue weighted by Gasteiger charge is 2.55. The molecule has 0 radical (unpaired) electrons. The lowest BCUT2D eigenvalue weighted by Crippen LogP contribution is -2.71. The Hall–Kier alpha value is -2.85. The molecule has 3 atom stereocenters. The third kappa shape index (κ3) is 2.93. The van der Waals surface area contributed by atoms with Gasteiger partial charge in [-0.1, -0.05) is 30.3 Å². The van der Waals surface area contributed by atoms with Crippen LogP contribution in [-0.2, 0) is 19.2 Å². The smallest absolute Gasteiger partial charge is 0.353 e. The summed E-state index contributed by atoms with van der Waals surface area (Å²) in [7, 11) is 0. The normalized spacial score (nSPS) is 23.0. The fraction of sp³-hybridized carbons (Fsp3) is 0.250. The molecule has 1 fully saturated rings. The fourth-order valence-electron chi connectivity index (χ4n) is 2.84. The molecule has 0 aliphatic carbocycles. The van der Waals surface area contributed by atoms with Gasteiger partial charge >= 0.3 is 11.9 Å². The van der Waals surface area contributed by atoms with Crippen molar-refractivity contribution in [2.45, 2.75) is 17.5 Å². The molecular formula is C16H15N3O6S. The number of thioether (sulfide) groups is 1. The first-order valence-electron chi connectivity index (χ1n) is 7.58. The number of hydrogen-bond donors (Lipinski definition) is 4. The summed E-state index contributed by atoms with van der Waals surface area (Å²) in [6, 6.07) is 6.67. The Kier molecular flexibility index (Phi) is 4.70. The van der Waals surface area contributed by atoms with E-state index in [-0.39, 0.29) is 11.3 Å². The van der Waals surface area contributed by atoms with Crippen LogP contribution in [0.3, 0.4) is 0 Å². The van der Waals surface area contributed by atoms with Gasteiger partial charge in [-0.15, -0.1) is 11.8 Å². The van der Waals surface area contributed by atoms with Gasteiger partial charge in [0.15, 0.2) is 0 Å². The van der Waals surface area contributed by atoms with E-state index >= 15 is 0 Å². The van der Waals surface area contributed by atoms with E-state index in [0.717, 1.165) is 16.7 Å². The summed E-state index contributed by atoms with van der Waals surface area (Å²) in [5, 5.41) is 20.2. The molecule has 5 N–H and O–H groups in total. The first-order valence-corrected chi connectivity index (χ1v) is 8.63. The molecule has 0 saturated carbocycles. The third-order valence-corrected chi connectivity index (χ3v) is 5.45. The maximum Gasteiger partial charge on any atom is 0.353 e. The lowest BCUT2D eigenvalue weighted by molar-refractivity contribution is -0.151. The molecule has 26 heavy (non-hydrogen) atoms. The zero-order valence-corrected chi connectivity index (χ0v) is 14.1. The second-order valence-electron chi connectivity index (χ2n) is 5.72. The number of carbonyl (C=O) groups is 4. The van der Waals surface area contributed by atoms with Crippen molar-refractivity contribution in [1.29, 1.82) is 0 Å². The molecule has 2 aliphatic rings. The lowest BCUT2D eigenvalue weighted by Gasteiger charge is -2.49. The maximum absolute atomic E-state index is 12.3. The van der Waals surface area contributed by atoms with Crippen LogP contribution in [0.5, 0.6) is 0 Å². The van der Waals surface area contributed by atoms with Crippen LogP contribution in [0.1, 0.15) is 11.6 Å². The van der Waals surface area contributed by atoms with Crippen molar-refractivity contribution < 1.29 is 29.4 Å². The molecule has 9 nitrogen and oxygen atoms in total. The number of carbonyl (C=O) groups excluding carboxylic acids is 2. The van der Waals surface area contributed by atoms with E-state index in [2.05, 4.69) is 5.32 Å². The molecule has 2 aliphatic heterocycles. The molecule has 1 aromatic rings. The van der Waals surface area contributed by atoms with Crippen molar-refractivity contribution in [2.75, 3.05) is 5.75 Å². The van der Waals surface area contributed by atoms with Gasteiger partial charge in [-0.2, -0.15) is 0 Å². The van der Waals surface area contributed by atoms with Gasteiger partial charge in [0.1, 0.15) is 23.2 Å². The van der Waals surface area contributed by atoms with Crippen LogP contribution >= 0.6 is 11.8 Å². The number of β-lactam (4-membered cyclic amide) rings is 1. The molecule has 3 rings (SSSR count). The standard InChI is InChI=1S/C16H15N3O6S/c17-9(7-4-2-1-3-5-7)12(20)18-10-13(21)19-11(16(24)25)8(15(22)23)6-26-14(10)19/h1-5,9-10,14H,6,17H2,(H,18,20)(H,22,23)(H,24,25)/t9?,10?,14-/m0/s1. The summed E-state index contributed by atoms with van der Waals surface area (Å²) in [6.45, 7) is 0. The predicted octanol–water partition coefficient (Wildman–Crippen LogP) is -0.490. The summed E-state index contributed by atoms with van der Waals surface area (Å²) in [4.78, 5) is 48.2. The SMILES string of the molecule is NC(C(=O)NC1C(=O)N2C(C(=O)O)=C(C(=O)O)CS[C@@H]12)c1ccccc1. The minimum atomic E-state index is -1.49. The number of benzene rings is 1. The van der Waals surface area contributed by atoms with Crippen molar-refractivity contribution >= 4 is 35.5 Å². The highest BCUT2D eigenvalue weighted by molar-refractivity contribution is 8.00. The molecule has 0 bridgehead atoms. The summed E-state index contributed by atoms with van der Waals surface area (Å²) in [6.07, 6.45) is 0. The van der Waals surface area contributed by atoms with Crippen LogP contribution in [0.25, 0.3) is 0 Å². The second-order valence-corrected chi connectivity index (χ2v) is 6.83. The quantitative estimate of drug-likeness (QED) is 0.502. The molecule has 0 aromatic heterocycles. The van der Waals surface area contributed by atoms with E-state index in [1.165, 1.54) is 0 Å². The molecular weight excluding hydrogens is 362 g/mol. The van der Waals surface area contributed by atoms with E-state index in [1.807, 2.05) is 0 Å². The zero-order valence-electron chi connectivity index (χ0n) is 13.3. The van der Waals surface area contributed by atoms with E-state index in [9.17, 15) is 24.3 Å². The number of hydrogen-bond acceptors (Lipinski definition) is 6. The topological polar surface area (TPSA) is 150 Å². The highest BCUT2D eigenvalue weighted by Crippen LogP contribution is 2.40. The van der Waals surface area contributed by atoms with E-state index in [4.69, 9.17) is 10.8 Å². The largest absolute Gasteiger partial charge is 0.478 e. The van der Waals surface area contributed by atoms with Crippen molar-refractivity contribution in [1.82, 2.24) is 10.2 Å². The maximum atomic E-state index is 12.3. The Balaban J connectivity index is 1.76. The summed E-state index contributed by atoms with van der Waals surface area (Å²) >= 11 is 1.08. The molecule has 10 heteroatoms. The highest BCUT2D eigenvalue weighted by atomic mass is 32.2. The molecule has 2 unspecified atom stereocenters. The van der Waals surface area contributed by atoms with Crippen molar-refractivity contribution in [3.05, 3.63) is 47.2 Å². The van der Waals surface area contributed by atoms with Gasteiger partial charge in [0.05, 0.1) is 5.57 Å². The summed E-state index contributed by atoms with van der Waals surface area (Å²) in [5.74, 6) is -4.21. The number of aliphatic carboxylic acids is 2. The number of carboxylic acid groups (broad SMARTS) is 2. The molecule has 2 heterocycles. The molecule has 1 saturated heterocycles. The number of rotatable bonds is 5. The fourth-order valence-corrected chi connectivity index (χ4v) is 4.17. The number of amides is 2. The Morgan fingerprint density at radius 3 is 2.42 bits per heavy atom. The van der Waals surface area contributed by atoms with Crippen LogP contribution in [0.2, 0.25) is 0 Å².